The first-order chi connectivity index (χ1) is 19.4. The molecule has 6 nitrogen and oxygen atoms in total. The zero-order valence-electron chi connectivity index (χ0n) is 21.5. The van der Waals surface area contributed by atoms with Crippen molar-refractivity contribution in [2.24, 2.45) is 0 Å². The Morgan fingerprint density at radius 2 is 1.80 bits per heavy atom. The van der Waals surface area contributed by atoms with E-state index >= 15 is 0 Å². The first-order valence-corrected chi connectivity index (χ1v) is 14.4. The number of urea groups is 1. The molecule has 0 saturated heterocycles. The van der Waals surface area contributed by atoms with E-state index in [1.165, 1.54) is 11.3 Å². The summed E-state index contributed by atoms with van der Waals surface area (Å²) in [6.45, 7) is 0. The largest absolute Gasteiger partial charge is 0.497 e. The maximum Gasteiger partial charge on any atom is 0.327 e. The van der Waals surface area contributed by atoms with Gasteiger partial charge in [0, 0.05) is 28.3 Å². The number of nitrogens with zero attached hydrogens (tertiary/aromatic N) is 1. The Labute approximate surface area is 246 Å². The van der Waals surface area contributed by atoms with Gasteiger partial charge in [-0.15, -0.1) is 11.3 Å². The Bertz CT molecular complexity index is 1620. The number of allylic oxidation sites excluding steroid dienone is 1. The number of Topliss-reactive ketones (excluding diaryl/α,β-unsaturated/α-hetero) is 1. The second kappa shape index (κ2) is 11.0. The molecule has 1 aromatic heterocycles. The van der Waals surface area contributed by atoms with Gasteiger partial charge in [0.2, 0.25) is 0 Å². The number of ketones is 1. The molecular weight excluding hydrogens is 565 g/mol. The highest BCUT2D eigenvalue weighted by molar-refractivity contribution is 7.10. The summed E-state index contributed by atoms with van der Waals surface area (Å²) in [7, 11) is 1.64. The third kappa shape index (κ3) is 4.96. The lowest BCUT2D eigenvalue weighted by molar-refractivity contribution is -0.116. The zero-order valence-corrected chi connectivity index (χ0v) is 23.8. The number of anilines is 3. The van der Waals surface area contributed by atoms with E-state index in [0.717, 1.165) is 27.6 Å². The number of hydrogen-bond donors (Lipinski definition) is 2. The number of amides is 2. The van der Waals surface area contributed by atoms with Gasteiger partial charge in [0.05, 0.1) is 28.5 Å². The first-order valence-electron chi connectivity index (χ1n) is 12.8. The average Bonchev–Trinajstić information content (AvgIpc) is 3.44. The SMILES string of the molecule is COc1ccc([C@@H]2CC(=O)C3=C(C2)Nc2ccccc2N(C(=O)Nc2ccc(Cl)c(Cl)c2)[C@@H]3c2cccs2)cc1. The summed E-state index contributed by atoms with van der Waals surface area (Å²) in [4.78, 5) is 30.7. The van der Waals surface area contributed by atoms with Crippen LogP contribution in [0.2, 0.25) is 10.0 Å². The van der Waals surface area contributed by atoms with Crippen molar-refractivity contribution < 1.29 is 14.3 Å². The molecule has 0 spiro atoms. The van der Waals surface area contributed by atoms with E-state index in [9.17, 15) is 9.59 Å². The van der Waals surface area contributed by atoms with Crippen molar-refractivity contribution in [3.8, 4) is 5.75 Å². The summed E-state index contributed by atoms with van der Waals surface area (Å²) >= 11 is 13.8. The minimum absolute atomic E-state index is 0.00242. The van der Waals surface area contributed by atoms with Gasteiger partial charge in [-0.2, -0.15) is 0 Å². The third-order valence-electron chi connectivity index (χ3n) is 7.28. The molecule has 6 rings (SSSR count). The van der Waals surface area contributed by atoms with Gasteiger partial charge in [-0.05, 0) is 71.8 Å². The Kier molecular flexibility index (Phi) is 7.27. The summed E-state index contributed by atoms with van der Waals surface area (Å²) in [6.07, 6.45) is 0.971. The molecule has 2 atom stereocenters. The van der Waals surface area contributed by atoms with Crippen LogP contribution in [0.15, 0.2) is 95.5 Å². The number of carbonyl (C=O) groups is 2. The number of thiophene rings is 1. The summed E-state index contributed by atoms with van der Waals surface area (Å²) < 4.78 is 5.32. The number of para-hydroxylation sites is 2. The minimum atomic E-state index is -0.613. The molecule has 2 amide bonds. The van der Waals surface area contributed by atoms with Crippen LogP contribution in [0, 0.1) is 0 Å². The number of halogens is 2. The van der Waals surface area contributed by atoms with E-state index in [2.05, 4.69) is 10.6 Å². The molecule has 1 aliphatic heterocycles. The van der Waals surface area contributed by atoms with Crippen LogP contribution in [0.4, 0.5) is 21.9 Å². The maximum atomic E-state index is 14.1. The van der Waals surface area contributed by atoms with Crippen LogP contribution in [0.3, 0.4) is 0 Å². The van der Waals surface area contributed by atoms with E-state index in [1.807, 2.05) is 66.0 Å². The van der Waals surface area contributed by atoms with Crippen molar-refractivity contribution in [2.45, 2.75) is 24.8 Å². The summed E-state index contributed by atoms with van der Waals surface area (Å²) in [5.74, 6) is 0.777. The van der Waals surface area contributed by atoms with Gasteiger partial charge in [0.1, 0.15) is 11.8 Å². The lowest BCUT2D eigenvalue weighted by Gasteiger charge is -2.34. The van der Waals surface area contributed by atoms with Crippen LogP contribution in [0.5, 0.6) is 5.75 Å². The molecule has 40 heavy (non-hydrogen) atoms. The van der Waals surface area contributed by atoms with E-state index in [4.69, 9.17) is 27.9 Å². The van der Waals surface area contributed by atoms with Gasteiger partial charge in [-0.25, -0.2) is 4.79 Å². The van der Waals surface area contributed by atoms with Crippen LogP contribution in [-0.4, -0.2) is 18.9 Å². The third-order valence-corrected chi connectivity index (χ3v) is 8.94. The van der Waals surface area contributed by atoms with Gasteiger partial charge in [-0.1, -0.05) is 53.5 Å². The second-order valence-electron chi connectivity index (χ2n) is 9.68. The molecule has 0 bridgehead atoms. The number of ether oxygens (including phenoxy) is 1. The van der Waals surface area contributed by atoms with E-state index < -0.39 is 6.04 Å². The zero-order chi connectivity index (χ0) is 27.8. The van der Waals surface area contributed by atoms with Crippen molar-refractivity contribution in [2.75, 3.05) is 22.6 Å². The fourth-order valence-corrected chi connectivity index (χ4v) is 6.52. The highest BCUT2D eigenvalue weighted by atomic mass is 35.5. The van der Waals surface area contributed by atoms with Crippen LogP contribution >= 0.6 is 34.5 Å². The van der Waals surface area contributed by atoms with Gasteiger partial charge < -0.3 is 15.4 Å². The Hall–Kier alpha value is -3.78. The van der Waals surface area contributed by atoms with E-state index in [0.29, 0.717) is 39.8 Å². The smallest absolute Gasteiger partial charge is 0.327 e. The Morgan fingerprint density at radius 1 is 1.00 bits per heavy atom. The Morgan fingerprint density at radius 3 is 2.52 bits per heavy atom. The van der Waals surface area contributed by atoms with Crippen LogP contribution in [0.25, 0.3) is 0 Å². The number of nitrogens with one attached hydrogen (secondary N) is 2. The molecule has 3 aromatic carbocycles. The standard InChI is InChI=1S/C31H25Cl2N3O3S/c1-39-21-11-8-18(9-12-21)19-15-25-29(27(37)16-19)30(28-7-4-14-40-28)36(26-6-3-2-5-24(26)35-25)31(38)34-20-10-13-22(32)23(33)17-20/h2-14,17,19,30,35H,15-16H2,1H3,(H,34,38)/t19-,30+/m0/s1. The van der Waals surface area contributed by atoms with Crippen molar-refractivity contribution in [1.82, 2.24) is 0 Å². The molecule has 1 aliphatic carbocycles. The maximum absolute atomic E-state index is 14.1. The first kappa shape index (κ1) is 26.4. The number of methoxy groups -OCH3 is 1. The Balaban J connectivity index is 1.45. The van der Waals surface area contributed by atoms with Gasteiger partial charge >= 0.3 is 6.03 Å². The van der Waals surface area contributed by atoms with Gasteiger partial charge in [0.25, 0.3) is 0 Å². The molecule has 4 aromatic rings. The summed E-state index contributed by atoms with van der Waals surface area (Å²) in [5, 5.41) is 9.22. The fourth-order valence-electron chi connectivity index (χ4n) is 5.40. The minimum Gasteiger partial charge on any atom is -0.497 e. The number of benzene rings is 3. The number of hydrogen-bond acceptors (Lipinski definition) is 5. The van der Waals surface area contributed by atoms with Gasteiger partial charge in [-0.3, -0.25) is 9.69 Å². The normalized spacial score (nSPS) is 18.4. The molecule has 202 valence electrons. The van der Waals surface area contributed by atoms with Crippen LogP contribution in [-0.2, 0) is 4.79 Å². The quantitative estimate of drug-likeness (QED) is 0.250. The van der Waals surface area contributed by atoms with Crippen LogP contribution in [0.1, 0.15) is 35.2 Å². The molecule has 0 fully saturated rings. The monoisotopic (exact) mass is 589 g/mol. The molecule has 0 radical (unpaired) electrons. The highest BCUT2D eigenvalue weighted by Gasteiger charge is 2.42. The van der Waals surface area contributed by atoms with Crippen molar-refractivity contribution in [3.05, 3.63) is 116 Å². The topological polar surface area (TPSA) is 70.7 Å². The average molecular weight is 591 g/mol. The second-order valence-corrected chi connectivity index (χ2v) is 11.5. The fraction of sp³-hybridized carbons (Fsp3) is 0.161. The van der Waals surface area contributed by atoms with E-state index in [-0.39, 0.29) is 17.7 Å². The molecule has 2 heterocycles. The number of rotatable bonds is 4. The molecule has 2 N–H and O–H groups in total. The summed E-state index contributed by atoms with van der Waals surface area (Å²) in [6, 6.07) is 23.3. The molecule has 0 unspecified atom stereocenters. The highest BCUT2D eigenvalue weighted by Crippen LogP contribution is 2.48. The van der Waals surface area contributed by atoms with Crippen molar-refractivity contribution >= 4 is 63.4 Å². The van der Waals surface area contributed by atoms with Crippen molar-refractivity contribution in [1.29, 1.82) is 0 Å². The van der Waals surface area contributed by atoms with Crippen LogP contribution < -0.4 is 20.3 Å². The predicted octanol–water partition coefficient (Wildman–Crippen LogP) is 8.67. The molecular formula is C31H25Cl2N3O3S. The molecule has 2 aliphatic rings. The van der Waals surface area contributed by atoms with E-state index in [1.54, 1.807) is 30.2 Å². The molecule has 0 saturated carbocycles. The molecule has 9 heteroatoms. The summed E-state index contributed by atoms with van der Waals surface area (Å²) in [5.41, 5.74) is 4.42. The predicted molar refractivity (Wildman–Crippen MR) is 162 cm³/mol. The lowest BCUT2D eigenvalue weighted by Crippen LogP contribution is -2.40. The van der Waals surface area contributed by atoms with Crippen molar-refractivity contribution in [3.63, 3.8) is 0 Å². The van der Waals surface area contributed by atoms with Gasteiger partial charge in [0.15, 0.2) is 5.78 Å². The lowest BCUT2D eigenvalue weighted by atomic mass is 9.79. The number of fused-ring (bicyclic) bond motifs is 1. The number of carbonyl (C=O) groups excluding carboxylic acids is 2.